The number of rotatable bonds is 8. The molecule has 0 aromatic carbocycles. The molecule has 0 unspecified atom stereocenters. The van der Waals surface area contributed by atoms with Gasteiger partial charge in [0.05, 0.1) is 13.2 Å². The lowest BCUT2D eigenvalue weighted by Crippen LogP contribution is -2.36. The molecule has 0 aliphatic rings. The summed E-state index contributed by atoms with van der Waals surface area (Å²) in [5.41, 5.74) is 2.28. The van der Waals surface area contributed by atoms with Crippen molar-refractivity contribution in [2.75, 3.05) is 13.2 Å². The van der Waals surface area contributed by atoms with Gasteiger partial charge in [-0.05, 0) is 30.5 Å². The lowest BCUT2D eigenvalue weighted by molar-refractivity contribution is 0.305. The summed E-state index contributed by atoms with van der Waals surface area (Å²) in [7, 11) is 2.01. The predicted octanol–water partition coefficient (Wildman–Crippen LogP) is 3.08. The molecule has 2 rings (SSSR count). The van der Waals surface area contributed by atoms with Gasteiger partial charge in [-0.2, -0.15) is 0 Å². The first kappa shape index (κ1) is 21.3. The van der Waals surface area contributed by atoms with Crippen molar-refractivity contribution in [2.24, 2.45) is 12.0 Å². The van der Waals surface area contributed by atoms with Crippen LogP contribution in [0.4, 0.5) is 0 Å². The van der Waals surface area contributed by atoms with Crippen molar-refractivity contribution >= 4 is 29.9 Å². The number of nitrogens with one attached hydrogen (secondary N) is 2. The van der Waals surface area contributed by atoms with Crippen LogP contribution in [0.2, 0.25) is 0 Å². The largest absolute Gasteiger partial charge is 0.478 e. The minimum atomic E-state index is 0. The summed E-state index contributed by atoms with van der Waals surface area (Å²) in [5, 5.41) is 6.58. The van der Waals surface area contributed by atoms with Crippen LogP contribution < -0.4 is 15.4 Å². The Kier molecular flexibility index (Phi) is 9.98. The second kappa shape index (κ2) is 11.7. The summed E-state index contributed by atoms with van der Waals surface area (Å²) < 4.78 is 7.52. The van der Waals surface area contributed by atoms with Gasteiger partial charge in [-0.25, -0.2) is 9.98 Å². The second-order valence-electron chi connectivity index (χ2n) is 5.59. The number of pyridine rings is 1. The van der Waals surface area contributed by atoms with E-state index in [1.165, 1.54) is 5.56 Å². The fraction of sp³-hybridized carbons (Fsp3) is 0.444. The van der Waals surface area contributed by atoms with Gasteiger partial charge in [-0.1, -0.05) is 13.0 Å². The molecule has 0 saturated heterocycles. The fourth-order valence-corrected chi connectivity index (χ4v) is 2.16. The molecule has 0 aliphatic heterocycles. The Balaban J connectivity index is 0.00000312. The van der Waals surface area contributed by atoms with E-state index in [9.17, 15) is 0 Å². The zero-order chi connectivity index (χ0) is 17.2. The minimum Gasteiger partial charge on any atom is -0.478 e. The number of guanidine groups is 1. The number of hydrogen-bond acceptors (Lipinski definition) is 3. The third kappa shape index (κ3) is 7.76. The highest BCUT2D eigenvalue weighted by Crippen LogP contribution is 2.08. The molecular weight excluding hydrogens is 429 g/mol. The maximum atomic E-state index is 5.49. The Labute approximate surface area is 167 Å². The quantitative estimate of drug-likeness (QED) is 0.364. The highest BCUT2D eigenvalue weighted by atomic mass is 127. The van der Waals surface area contributed by atoms with Gasteiger partial charge in [-0.3, -0.25) is 0 Å². The number of aliphatic imine (C=N–C) groups is 1. The lowest BCUT2D eigenvalue weighted by Gasteiger charge is -2.11. The first-order chi connectivity index (χ1) is 11.7. The summed E-state index contributed by atoms with van der Waals surface area (Å²) in [5.74, 6) is 1.47. The Morgan fingerprint density at radius 3 is 2.64 bits per heavy atom. The van der Waals surface area contributed by atoms with Crippen LogP contribution in [-0.4, -0.2) is 28.7 Å². The maximum absolute atomic E-state index is 5.49. The van der Waals surface area contributed by atoms with E-state index in [4.69, 9.17) is 4.74 Å². The molecule has 25 heavy (non-hydrogen) atoms. The molecular formula is C18H28IN5O. The van der Waals surface area contributed by atoms with E-state index >= 15 is 0 Å². The molecule has 0 amide bonds. The highest BCUT2D eigenvalue weighted by Gasteiger charge is 2.01. The van der Waals surface area contributed by atoms with Gasteiger partial charge < -0.3 is 19.9 Å². The smallest absolute Gasteiger partial charge is 0.213 e. The van der Waals surface area contributed by atoms with E-state index in [1.54, 1.807) is 0 Å². The number of hydrogen-bond donors (Lipinski definition) is 2. The molecule has 2 aromatic heterocycles. The van der Waals surface area contributed by atoms with E-state index in [2.05, 4.69) is 46.7 Å². The molecule has 2 heterocycles. The van der Waals surface area contributed by atoms with E-state index in [1.807, 2.05) is 36.1 Å². The Bertz CT molecular complexity index is 639. The Morgan fingerprint density at radius 1 is 1.20 bits per heavy atom. The van der Waals surface area contributed by atoms with Crippen LogP contribution in [0.25, 0.3) is 0 Å². The zero-order valence-corrected chi connectivity index (χ0v) is 17.5. The third-order valence-electron chi connectivity index (χ3n) is 3.37. The van der Waals surface area contributed by atoms with Gasteiger partial charge in [0.1, 0.15) is 0 Å². The van der Waals surface area contributed by atoms with Gasteiger partial charge in [0.2, 0.25) is 5.88 Å². The normalized spacial score (nSPS) is 10.9. The molecule has 6 nitrogen and oxygen atoms in total. The van der Waals surface area contributed by atoms with Gasteiger partial charge in [-0.15, -0.1) is 24.0 Å². The van der Waals surface area contributed by atoms with Crippen molar-refractivity contribution in [2.45, 2.75) is 33.4 Å². The monoisotopic (exact) mass is 457 g/mol. The van der Waals surface area contributed by atoms with Gasteiger partial charge in [0.15, 0.2) is 5.96 Å². The summed E-state index contributed by atoms with van der Waals surface area (Å²) in [6, 6.07) is 6.00. The van der Waals surface area contributed by atoms with E-state index in [0.717, 1.165) is 24.5 Å². The van der Waals surface area contributed by atoms with Crippen molar-refractivity contribution in [3.63, 3.8) is 0 Å². The van der Waals surface area contributed by atoms with E-state index < -0.39 is 0 Å². The van der Waals surface area contributed by atoms with E-state index in [0.29, 0.717) is 25.6 Å². The highest BCUT2D eigenvalue weighted by molar-refractivity contribution is 14.0. The standard InChI is InChI=1S/C18H27N5O.HI/c1-4-10-24-17-7-6-15(11-20-17)12-21-18(19-5-2)22-13-16-8-9-23(3)14-16;/h6-9,11,14H,4-5,10,12-13H2,1-3H3,(H2,19,21,22);1H. The van der Waals surface area contributed by atoms with Crippen LogP contribution in [0, 0.1) is 0 Å². The average Bonchev–Trinajstić information content (AvgIpc) is 3.02. The minimum absolute atomic E-state index is 0. The first-order valence-corrected chi connectivity index (χ1v) is 8.42. The van der Waals surface area contributed by atoms with Gasteiger partial charge in [0, 0.05) is 44.8 Å². The molecule has 138 valence electrons. The third-order valence-corrected chi connectivity index (χ3v) is 3.37. The van der Waals surface area contributed by atoms with Gasteiger partial charge >= 0.3 is 0 Å². The molecule has 7 heteroatoms. The van der Waals surface area contributed by atoms with Crippen molar-refractivity contribution < 1.29 is 4.74 Å². The van der Waals surface area contributed by atoms with Crippen LogP contribution in [0.15, 0.2) is 41.8 Å². The summed E-state index contributed by atoms with van der Waals surface area (Å²) in [6.07, 6.45) is 6.92. The van der Waals surface area contributed by atoms with Crippen molar-refractivity contribution in [3.05, 3.63) is 47.9 Å². The number of halogens is 1. The van der Waals surface area contributed by atoms with Gasteiger partial charge in [0.25, 0.3) is 0 Å². The van der Waals surface area contributed by atoms with Crippen LogP contribution in [-0.2, 0) is 20.1 Å². The van der Waals surface area contributed by atoms with Crippen LogP contribution in [0.3, 0.4) is 0 Å². The second-order valence-corrected chi connectivity index (χ2v) is 5.59. The molecule has 0 bridgehead atoms. The molecule has 2 aromatic rings. The first-order valence-electron chi connectivity index (χ1n) is 8.42. The average molecular weight is 457 g/mol. The van der Waals surface area contributed by atoms with Crippen molar-refractivity contribution in [3.8, 4) is 5.88 Å². The number of ether oxygens (including phenoxy) is 1. The molecule has 0 aliphatic carbocycles. The topological polar surface area (TPSA) is 63.5 Å². The molecule has 0 saturated carbocycles. The molecule has 0 radical (unpaired) electrons. The molecule has 0 atom stereocenters. The molecule has 2 N–H and O–H groups in total. The van der Waals surface area contributed by atoms with Crippen molar-refractivity contribution in [1.29, 1.82) is 0 Å². The molecule has 0 spiro atoms. The Hall–Kier alpha value is -1.77. The fourth-order valence-electron chi connectivity index (χ4n) is 2.16. The van der Waals surface area contributed by atoms with Crippen molar-refractivity contribution in [1.82, 2.24) is 20.2 Å². The number of aromatic nitrogens is 2. The summed E-state index contributed by atoms with van der Waals surface area (Å²) in [4.78, 5) is 8.92. The predicted molar refractivity (Wildman–Crippen MR) is 113 cm³/mol. The lowest BCUT2D eigenvalue weighted by atomic mass is 10.3. The summed E-state index contributed by atoms with van der Waals surface area (Å²) >= 11 is 0. The zero-order valence-electron chi connectivity index (χ0n) is 15.2. The van der Waals surface area contributed by atoms with Crippen LogP contribution in [0.5, 0.6) is 5.88 Å². The Morgan fingerprint density at radius 2 is 2.04 bits per heavy atom. The SMILES string of the molecule is CCCOc1ccc(CNC(=NCc2ccn(C)c2)NCC)cn1.I. The number of aryl methyl sites for hydroxylation is 1. The van der Waals surface area contributed by atoms with E-state index in [-0.39, 0.29) is 24.0 Å². The van der Waals surface area contributed by atoms with Crippen LogP contribution in [0.1, 0.15) is 31.4 Å². The van der Waals surface area contributed by atoms with Crippen LogP contribution >= 0.6 is 24.0 Å². The molecule has 0 fully saturated rings. The summed E-state index contributed by atoms with van der Waals surface area (Å²) in [6.45, 7) is 6.97. The number of nitrogens with zero attached hydrogens (tertiary/aromatic N) is 3. The maximum Gasteiger partial charge on any atom is 0.213 e.